The van der Waals surface area contributed by atoms with Gasteiger partial charge < -0.3 is 15.0 Å². The van der Waals surface area contributed by atoms with E-state index in [0.717, 1.165) is 6.54 Å². The zero-order valence-corrected chi connectivity index (χ0v) is 12.1. The standard InChI is InChI=1S/C12H24N2O2S/c1-5-14(11(15)16-12(2,3)4)7-6-13-10-8-17-9-10/h10,13H,5-9H2,1-4H3. The van der Waals surface area contributed by atoms with Crippen LogP contribution in [0.2, 0.25) is 0 Å². The van der Waals surface area contributed by atoms with Crippen molar-refractivity contribution in [3.8, 4) is 0 Å². The molecule has 0 unspecified atom stereocenters. The van der Waals surface area contributed by atoms with Crippen molar-refractivity contribution in [3.63, 3.8) is 0 Å². The first kappa shape index (κ1) is 14.6. The van der Waals surface area contributed by atoms with Gasteiger partial charge in [-0.2, -0.15) is 11.8 Å². The SMILES string of the molecule is CCN(CCNC1CSC1)C(=O)OC(C)(C)C. The minimum absolute atomic E-state index is 0.218. The van der Waals surface area contributed by atoms with Crippen LogP contribution in [0.4, 0.5) is 4.79 Å². The van der Waals surface area contributed by atoms with Crippen LogP contribution >= 0.6 is 11.8 Å². The van der Waals surface area contributed by atoms with E-state index >= 15 is 0 Å². The van der Waals surface area contributed by atoms with E-state index in [1.807, 2.05) is 39.5 Å². The fourth-order valence-corrected chi connectivity index (χ4v) is 2.17. The summed E-state index contributed by atoms with van der Waals surface area (Å²) >= 11 is 1.96. The van der Waals surface area contributed by atoms with Gasteiger partial charge in [0.15, 0.2) is 0 Å². The summed E-state index contributed by atoms with van der Waals surface area (Å²) in [5.74, 6) is 2.39. The van der Waals surface area contributed by atoms with Gasteiger partial charge in [-0.15, -0.1) is 0 Å². The van der Waals surface area contributed by atoms with Gasteiger partial charge in [-0.3, -0.25) is 0 Å². The molecule has 0 atom stereocenters. The highest BCUT2D eigenvalue weighted by Gasteiger charge is 2.22. The molecule has 1 saturated heterocycles. The Hall–Kier alpha value is -0.420. The summed E-state index contributed by atoms with van der Waals surface area (Å²) in [6, 6.07) is 0.636. The quantitative estimate of drug-likeness (QED) is 0.820. The minimum atomic E-state index is -0.414. The highest BCUT2D eigenvalue weighted by molar-refractivity contribution is 8.00. The van der Waals surface area contributed by atoms with E-state index in [4.69, 9.17) is 4.74 Å². The molecule has 4 nitrogen and oxygen atoms in total. The van der Waals surface area contributed by atoms with Gasteiger partial charge in [-0.05, 0) is 27.7 Å². The fraction of sp³-hybridized carbons (Fsp3) is 0.917. The zero-order chi connectivity index (χ0) is 12.9. The number of hydrogen-bond acceptors (Lipinski definition) is 4. The van der Waals surface area contributed by atoms with Crippen LogP contribution < -0.4 is 5.32 Å². The minimum Gasteiger partial charge on any atom is -0.444 e. The molecule has 1 amide bonds. The number of carbonyl (C=O) groups is 1. The molecule has 5 heteroatoms. The molecule has 1 rings (SSSR count). The maximum absolute atomic E-state index is 11.8. The average Bonchev–Trinajstić information content (AvgIpc) is 2.12. The monoisotopic (exact) mass is 260 g/mol. The topological polar surface area (TPSA) is 41.6 Å². The molecule has 17 heavy (non-hydrogen) atoms. The van der Waals surface area contributed by atoms with Crippen LogP contribution in [0.5, 0.6) is 0 Å². The molecule has 0 aromatic carbocycles. The van der Waals surface area contributed by atoms with Crippen molar-refractivity contribution in [1.29, 1.82) is 0 Å². The number of nitrogens with one attached hydrogen (secondary N) is 1. The highest BCUT2D eigenvalue weighted by Crippen LogP contribution is 2.16. The van der Waals surface area contributed by atoms with Gasteiger partial charge in [0.05, 0.1) is 0 Å². The van der Waals surface area contributed by atoms with E-state index in [0.29, 0.717) is 19.1 Å². The Bertz CT molecular complexity index is 249. The van der Waals surface area contributed by atoms with Gasteiger partial charge >= 0.3 is 6.09 Å². The molecule has 0 saturated carbocycles. The van der Waals surface area contributed by atoms with E-state index in [9.17, 15) is 4.79 Å². The Morgan fingerprint density at radius 2 is 2.12 bits per heavy atom. The number of thioether (sulfide) groups is 1. The molecule has 0 aliphatic carbocycles. The van der Waals surface area contributed by atoms with Crippen molar-refractivity contribution >= 4 is 17.9 Å². The van der Waals surface area contributed by atoms with Crippen LogP contribution in [0.3, 0.4) is 0 Å². The van der Waals surface area contributed by atoms with Crippen LogP contribution in [-0.4, -0.2) is 53.8 Å². The normalized spacial score (nSPS) is 16.5. The van der Waals surface area contributed by atoms with Crippen molar-refractivity contribution in [1.82, 2.24) is 10.2 Å². The summed E-state index contributed by atoms with van der Waals surface area (Å²) < 4.78 is 5.34. The lowest BCUT2D eigenvalue weighted by atomic mass is 10.2. The molecule has 0 radical (unpaired) electrons. The number of ether oxygens (including phenoxy) is 1. The first-order chi connectivity index (χ1) is 7.92. The molecule has 1 N–H and O–H groups in total. The number of nitrogens with zero attached hydrogens (tertiary/aromatic N) is 1. The molecule has 0 bridgehead atoms. The molecule has 1 aliphatic heterocycles. The van der Waals surface area contributed by atoms with Crippen LogP contribution in [0.1, 0.15) is 27.7 Å². The van der Waals surface area contributed by atoms with E-state index in [1.165, 1.54) is 11.5 Å². The highest BCUT2D eigenvalue weighted by atomic mass is 32.2. The van der Waals surface area contributed by atoms with E-state index in [2.05, 4.69) is 5.32 Å². The first-order valence-electron chi connectivity index (χ1n) is 6.21. The van der Waals surface area contributed by atoms with Gasteiger partial charge in [0.25, 0.3) is 0 Å². The summed E-state index contributed by atoms with van der Waals surface area (Å²) in [4.78, 5) is 13.6. The lowest BCUT2D eigenvalue weighted by Crippen LogP contribution is -2.46. The van der Waals surface area contributed by atoms with Crippen LogP contribution in [-0.2, 0) is 4.74 Å². The lowest BCUT2D eigenvalue weighted by Gasteiger charge is -2.29. The van der Waals surface area contributed by atoms with Gasteiger partial charge in [-0.1, -0.05) is 0 Å². The molecule has 1 fully saturated rings. The summed E-state index contributed by atoms with van der Waals surface area (Å²) in [6.45, 7) is 9.90. The van der Waals surface area contributed by atoms with Crippen LogP contribution in [0.25, 0.3) is 0 Å². The smallest absolute Gasteiger partial charge is 0.410 e. The predicted octanol–water partition coefficient (Wildman–Crippen LogP) is 1.95. The zero-order valence-electron chi connectivity index (χ0n) is 11.3. The Balaban J connectivity index is 2.23. The average molecular weight is 260 g/mol. The van der Waals surface area contributed by atoms with Gasteiger partial charge in [0.1, 0.15) is 5.60 Å². The predicted molar refractivity (Wildman–Crippen MR) is 72.6 cm³/mol. The first-order valence-corrected chi connectivity index (χ1v) is 7.37. The second kappa shape index (κ2) is 6.50. The van der Waals surface area contributed by atoms with Gasteiger partial charge in [-0.25, -0.2) is 4.79 Å². The molecule has 0 aromatic rings. The van der Waals surface area contributed by atoms with Gasteiger partial charge in [0, 0.05) is 37.2 Å². The number of rotatable bonds is 5. The number of carbonyl (C=O) groups excluding carboxylic acids is 1. The van der Waals surface area contributed by atoms with E-state index in [1.54, 1.807) is 4.90 Å². The molecular weight excluding hydrogens is 236 g/mol. The van der Waals surface area contributed by atoms with Gasteiger partial charge in [0.2, 0.25) is 0 Å². The largest absolute Gasteiger partial charge is 0.444 e. The summed E-state index contributed by atoms with van der Waals surface area (Å²) in [5.41, 5.74) is -0.414. The molecule has 100 valence electrons. The van der Waals surface area contributed by atoms with Crippen LogP contribution in [0.15, 0.2) is 0 Å². The van der Waals surface area contributed by atoms with Crippen molar-refractivity contribution in [2.75, 3.05) is 31.1 Å². The third-order valence-corrected chi connectivity index (χ3v) is 3.76. The molecule has 0 spiro atoms. The number of likely N-dealkylation sites (N-methyl/N-ethyl adjacent to an activating group) is 1. The molecule has 0 aromatic heterocycles. The second-order valence-corrected chi connectivity index (χ2v) is 6.32. The van der Waals surface area contributed by atoms with Crippen molar-refractivity contribution in [3.05, 3.63) is 0 Å². The summed E-state index contributed by atoms with van der Waals surface area (Å²) in [6.07, 6.45) is -0.218. The molecule has 1 heterocycles. The van der Waals surface area contributed by atoms with Crippen molar-refractivity contribution in [2.45, 2.75) is 39.3 Å². The second-order valence-electron chi connectivity index (χ2n) is 5.25. The Morgan fingerprint density at radius 1 is 1.47 bits per heavy atom. The van der Waals surface area contributed by atoms with E-state index in [-0.39, 0.29) is 6.09 Å². The van der Waals surface area contributed by atoms with E-state index < -0.39 is 5.60 Å². The summed E-state index contributed by atoms with van der Waals surface area (Å²) in [7, 11) is 0. The number of amides is 1. The maximum atomic E-state index is 11.8. The maximum Gasteiger partial charge on any atom is 0.410 e. The van der Waals surface area contributed by atoms with Crippen LogP contribution in [0, 0.1) is 0 Å². The van der Waals surface area contributed by atoms with Crippen molar-refractivity contribution < 1.29 is 9.53 Å². The number of hydrogen-bond donors (Lipinski definition) is 1. The molecule has 1 aliphatic rings. The Morgan fingerprint density at radius 3 is 2.53 bits per heavy atom. The third-order valence-electron chi connectivity index (χ3n) is 2.49. The summed E-state index contributed by atoms with van der Waals surface area (Å²) in [5, 5.41) is 3.43. The Kier molecular flexibility index (Phi) is 5.59. The fourth-order valence-electron chi connectivity index (χ4n) is 1.46. The molecular formula is C12H24N2O2S. The Labute approximate surface area is 108 Å². The third kappa shape index (κ3) is 5.64. The van der Waals surface area contributed by atoms with Crippen molar-refractivity contribution in [2.24, 2.45) is 0 Å². The lowest BCUT2D eigenvalue weighted by molar-refractivity contribution is 0.0261.